The van der Waals surface area contributed by atoms with E-state index in [1.54, 1.807) is 42.5 Å². The fourth-order valence-corrected chi connectivity index (χ4v) is 1.89. The Labute approximate surface area is 120 Å². The third-order valence-electron chi connectivity index (χ3n) is 2.87. The van der Waals surface area contributed by atoms with Crippen LogP contribution in [0.5, 0.6) is 5.75 Å². The van der Waals surface area contributed by atoms with Gasteiger partial charge in [0.25, 0.3) is 5.91 Å². The number of aromatic nitrogens is 1. The molecule has 2 heterocycles. The standard InChI is InChI=1S/C15H12N2O4/c1-19-12-6-3-2-5-10(12)15(18)16-14-9-11(17-21-14)13-7-4-8-20-13/h2-9H,1H3,(H,16,18). The summed E-state index contributed by atoms with van der Waals surface area (Å²) >= 11 is 0. The van der Waals surface area contributed by atoms with E-state index in [0.717, 1.165) is 0 Å². The first-order chi connectivity index (χ1) is 10.3. The highest BCUT2D eigenvalue weighted by Crippen LogP contribution is 2.23. The molecule has 0 fully saturated rings. The van der Waals surface area contributed by atoms with Crippen molar-refractivity contribution in [2.45, 2.75) is 0 Å². The number of amides is 1. The van der Waals surface area contributed by atoms with Gasteiger partial charge in [-0.25, -0.2) is 0 Å². The van der Waals surface area contributed by atoms with E-state index in [2.05, 4.69) is 10.5 Å². The minimum atomic E-state index is -0.338. The quantitative estimate of drug-likeness (QED) is 0.796. The lowest BCUT2D eigenvalue weighted by molar-refractivity contribution is 0.102. The summed E-state index contributed by atoms with van der Waals surface area (Å²) < 4.78 is 15.4. The molecular weight excluding hydrogens is 272 g/mol. The molecule has 0 atom stereocenters. The van der Waals surface area contributed by atoms with E-state index in [0.29, 0.717) is 22.8 Å². The summed E-state index contributed by atoms with van der Waals surface area (Å²) in [7, 11) is 1.51. The molecule has 6 nitrogen and oxygen atoms in total. The maximum Gasteiger partial charge on any atom is 0.261 e. The average Bonchev–Trinajstić information content (AvgIpc) is 3.17. The minimum Gasteiger partial charge on any atom is -0.496 e. The van der Waals surface area contributed by atoms with Gasteiger partial charge in [0.05, 0.1) is 18.9 Å². The molecule has 106 valence electrons. The molecule has 6 heteroatoms. The van der Waals surface area contributed by atoms with Crippen molar-refractivity contribution in [2.75, 3.05) is 12.4 Å². The number of carbonyl (C=O) groups is 1. The van der Waals surface area contributed by atoms with Crippen molar-refractivity contribution in [1.82, 2.24) is 5.16 Å². The molecule has 21 heavy (non-hydrogen) atoms. The Balaban J connectivity index is 1.79. The van der Waals surface area contributed by atoms with Gasteiger partial charge >= 0.3 is 0 Å². The molecule has 0 saturated carbocycles. The van der Waals surface area contributed by atoms with E-state index < -0.39 is 0 Å². The van der Waals surface area contributed by atoms with Crippen LogP contribution >= 0.6 is 0 Å². The maximum absolute atomic E-state index is 12.2. The zero-order valence-electron chi connectivity index (χ0n) is 11.2. The Morgan fingerprint density at radius 2 is 2.10 bits per heavy atom. The van der Waals surface area contributed by atoms with Crippen LogP contribution in [0.15, 0.2) is 57.7 Å². The Hall–Kier alpha value is -3.02. The molecule has 1 amide bonds. The fraction of sp³-hybridized carbons (Fsp3) is 0.0667. The number of rotatable bonds is 4. The fourth-order valence-electron chi connectivity index (χ4n) is 1.89. The molecular formula is C15H12N2O4. The highest BCUT2D eigenvalue weighted by molar-refractivity contribution is 6.05. The van der Waals surface area contributed by atoms with Gasteiger partial charge < -0.3 is 13.7 Å². The van der Waals surface area contributed by atoms with Gasteiger partial charge in [-0.05, 0) is 24.3 Å². The van der Waals surface area contributed by atoms with Crippen LogP contribution in [0, 0.1) is 0 Å². The lowest BCUT2D eigenvalue weighted by atomic mass is 10.2. The first-order valence-electron chi connectivity index (χ1n) is 6.23. The SMILES string of the molecule is COc1ccccc1C(=O)Nc1cc(-c2ccco2)no1. The molecule has 0 saturated heterocycles. The predicted molar refractivity (Wildman–Crippen MR) is 75.2 cm³/mol. The second-order valence-electron chi connectivity index (χ2n) is 4.21. The summed E-state index contributed by atoms with van der Waals surface area (Å²) in [5.41, 5.74) is 0.922. The number of nitrogens with one attached hydrogen (secondary N) is 1. The summed E-state index contributed by atoms with van der Waals surface area (Å²) in [6, 6.07) is 12.0. The van der Waals surface area contributed by atoms with Crippen molar-refractivity contribution in [3.63, 3.8) is 0 Å². The van der Waals surface area contributed by atoms with Crippen LogP contribution in [0.2, 0.25) is 0 Å². The zero-order valence-corrected chi connectivity index (χ0v) is 11.2. The number of hydrogen-bond acceptors (Lipinski definition) is 5. The van der Waals surface area contributed by atoms with E-state index in [4.69, 9.17) is 13.7 Å². The summed E-state index contributed by atoms with van der Waals surface area (Å²) in [6.07, 6.45) is 1.54. The number of para-hydroxylation sites is 1. The molecule has 0 aliphatic heterocycles. The van der Waals surface area contributed by atoms with E-state index in [1.165, 1.54) is 13.4 Å². The highest BCUT2D eigenvalue weighted by atomic mass is 16.5. The van der Waals surface area contributed by atoms with E-state index in [1.807, 2.05) is 0 Å². The van der Waals surface area contributed by atoms with Gasteiger partial charge in [-0.2, -0.15) is 0 Å². The number of methoxy groups -OCH3 is 1. The van der Waals surface area contributed by atoms with Gasteiger partial charge in [-0.3, -0.25) is 10.1 Å². The number of ether oxygens (including phenoxy) is 1. The lowest BCUT2D eigenvalue weighted by Gasteiger charge is -2.06. The summed E-state index contributed by atoms with van der Waals surface area (Å²) in [4.78, 5) is 12.2. The lowest BCUT2D eigenvalue weighted by Crippen LogP contribution is -2.12. The van der Waals surface area contributed by atoms with Gasteiger partial charge in [0.1, 0.15) is 5.75 Å². The molecule has 0 spiro atoms. The van der Waals surface area contributed by atoms with Gasteiger partial charge in [0.2, 0.25) is 5.88 Å². The van der Waals surface area contributed by atoms with Crippen molar-refractivity contribution in [3.8, 4) is 17.2 Å². The molecule has 0 unspecified atom stereocenters. The van der Waals surface area contributed by atoms with Crippen molar-refractivity contribution in [1.29, 1.82) is 0 Å². The van der Waals surface area contributed by atoms with Gasteiger partial charge in [0, 0.05) is 6.07 Å². The Morgan fingerprint density at radius 1 is 1.24 bits per heavy atom. The van der Waals surface area contributed by atoms with Crippen LogP contribution in [0.4, 0.5) is 5.88 Å². The minimum absolute atomic E-state index is 0.234. The average molecular weight is 284 g/mol. The summed E-state index contributed by atoms with van der Waals surface area (Å²) in [6.45, 7) is 0. The van der Waals surface area contributed by atoms with Crippen molar-refractivity contribution >= 4 is 11.8 Å². The van der Waals surface area contributed by atoms with Gasteiger partial charge in [-0.15, -0.1) is 0 Å². The largest absolute Gasteiger partial charge is 0.496 e. The second kappa shape index (κ2) is 5.54. The first kappa shape index (κ1) is 13.0. The maximum atomic E-state index is 12.2. The zero-order chi connectivity index (χ0) is 14.7. The van der Waals surface area contributed by atoms with Crippen LogP contribution in [-0.2, 0) is 0 Å². The van der Waals surface area contributed by atoms with Gasteiger partial charge in [0.15, 0.2) is 11.5 Å². The molecule has 0 radical (unpaired) electrons. The molecule has 1 aromatic carbocycles. The van der Waals surface area contributed by atoms with Gasteiger partial charge in [-0.1, -0.05) is 17.3 Å². The number of hydrogen-bond donors (Lipinski definition) is 1. The van der Waals surface area contributed by atoms with Crippen molar-refractivity contribution in [3.05, 3.63) is 54.3 Å². The van der Waals surface area contributed by atoms with Crippen LogP contribution in [-0.4, -0.2) is 18.2 Å². The molecule has 0 bridgehead atoms. The Kier molecular flexibility index (Phi) is 3.42. The Morgan fingerprint density at radius 3 is 2.86 bits per heavy atom. The normalized spacial score (nSPS) is 10.3. The van der Waals surface area contributed by atoms with Crippen LogP contribution in [0.3, 0.4) is 0 Å². The Bertz CT molecular complexity index is 747. The topological polar surface area (TPSA) is 77.5 Å². The molecule has 2 aromatic heterocycles. The number of anilines is 1. The summed E-state index contributed by atoms with van der Waals surface area (Å²) in [5.74, 6) is 0.948. The molecule has 0 aliphatic carbocycles. The second-order valence-corrected chi connectivity index (χ2v) is 4.21. The smallest absolute Gasteiger partial charge is 0.261 e. The van der Waals surface area contributed by atoms with Crippen LogP contribution in [0.1, 0.15) is 10.4 Å². The number of carbonyl (C=O) groups excluding carboxylic acids is 1. The number of nitrogens with zero attached hydrogens (tertiary/aromatic N) is 1. The highest BCUT2D eigenvalue weighted by Gasteiger charge is 2.15. The number of benzene rings is 1. The van der Waals surface area contributed by atoms with Crippen molar-refractivity contribution in [2.24, 2.45) is 0 Å². The van der Waals surface area contributed by atoms with Crippen LogP contribution < -0.4 is 10.1 Å². The molecule has 1 N–H and O–H groups in total. The summed E-state index contributed by atoms with van der Waals surface area (Å²) in [5, 5.41) is 6.46. The molecule has 3 rings (SSSR count). The van der Waals surface area contributed by atoms with E-state index in [9.17, 15) is 4.79 Å². The van der Waals surface area contributed by atoms with Crippen molar-refractivity contribution < 1.29 is 18.5 Å². The van der Waals surface area contributed by atoms with E-state index in [-0.39, 0.29) is 11.8 Å². The van der Waals surface area contributed by atoms with Crippen LogP contribution in [0.25, 0.3) is 11.5 Å². The third-order valence-corrected chi connectivity index (χ3v) is 2.87. The molecule has 0 aliphatic rings. The molecule has 3 aromatic rings. The predicted octanol–water partition coefficient (Wildman–Crippen LogP) is 3.20. The monoisotopic (exact) mass is 284 g/mol. The number of furan rings is 1. The first-order valence-corrected chi connectivity index (χ1v) is 6.23. The van der Waals surface area contributed by atoms with E-state index >= 15 is 0 Å². The third kappa shape index (κ3) is 2.64.